The molecule has 0 bridgehead atoms. The summed E-state index contributed by atoms with van der Waals surface area (Å²) in [5, 5.41) is 0. The normalized spacial score (nSPS) is 24.5. The molecule has 1 aliphatic carbocycles. The van der Waals surface area contributed by atoms with Crippen LogP contribution in [0.25, 0.3) is 0 Å². The maximum Gasteiger partial charge on any atom is 0.261 e. The maximum absolute atomic E-state index is 13.0. The Morgan fingerprint density at radius 2 is 1.77 bits per heavy atom. The Morgan fingerprint density at radius 1 is 1.04 bits per heavy atom. The summed E-state index contributed by atoms with van der Waals surface area (Å²) in [6, 6.07) is 5.55. The highest BCUT2D eigenvalue weighted by Crippen LogP contribution is 2.27. The number of amides is 3. The lowest BCUT2D eigenvalue weighted by molar-refractivity contribution is 0.0692. The van der Waals surface area contributed by atoms with Gasteiger partial charge in [0.25, 0.3) is 17.7 Å². The second-order valence-corrected chi connectivity index (χ2v) is 7.87. The minimum absolute atomic E-state index is 0.0510. The SMILES string of the molecule is CC1CN(C(=O)c2ccc3c(c2)C(=O)N(C)C3=O)CCN(C2CCC2)C1. The molecular weight excluding hydrogens is 330 g/mol. The molecule has 6 heteroatoms. The maximum atomic E-state index is 13.0. The second kappa shape index (κ2) is 6.50. The molecule has 1 saturated carbocycles. The number of hydrogen-bond acceptors (Lipinski definition) is 4. The lowest BCUT2D eigenvalue weighted by Crippen LogP contribution is -2.43. The van der Waals surface area contributed by atoms with Crippen LogP contribution in [-0.2, 0) is 0 Å². The van der Waals surface area contributed by atoms with E-state index in [1.807, 2.05) is 4.90 Å². The smallest absolute Gasteiger partial charge is 0.261 e. The number of imide groups is 1. The fourth-order valence-electron chi connectivity index (χ4n) is 4.21. The van der Waals surface area contributed by atoms with Crippen molar-refractivity contribution in [3.8, 4) is 0 Å². The largest absolute Gasteiger partial charge is 0.337 e. The summed E-state index contributed by atoms with van der Waals surface area (Å²) in [5.41, 5.74) is 1.21. The molecule has 6 nitrogen and oxygen atoms in total. The Hall–Kier alpha value is -2.21. The van der Waals surface area contributed by atoms with Crippen LogP contribution < -0.4 is 0 Å². The van der Waals surface area contributed by atoms with Crippen LogP contribution in [0.2, 0.25) is 0 Å². The second-order valence-electron chi connectivity index (χ2n) is 7.87. The van der Waals surface area contributed by atoms with Crippen molar-refractivity contribution in [3.05, 3.63) is 34.9 Å². The van der Waals surface area contributed by atoms with Crippen LogP contribution in [0.1, 0.15) is 57.3 Å². The van der Waals surface area contributed by atoms with E-state index in [0.29, 0.717) is 35.2 Å². The molecule has 1 unspecified atom stereocenters. The Balaban J connectivity index is 1.53. The molecule has 26 heavy (non-hydrogen) atoms. The van der Waals surface area contributed by atoms with Crippen molar-refractivity contribution in [3.63, 3.8) is 0 Å². The molecule has 0 radical (unpaired) electrons. The standard InChI is InChI=1S/C20H25N3O3/c1-13-11-22(15-4-3-5-15)8-9-23(12-13)18(24)14-6-7-16-17(10-14)20(26)21(2)19(16)25/h6-7,10,13,15H,3-5,8-9,11-12H2,1-2H3. The molecule has 3 amide bonds. The fourth-order valence-corrected chi connectivity index (χ4v) is 4.21. The van der Waals surface area contributed by atoms with Gasteiger partial charge in [-0.2, -0.15) is 0 Å². The van der Waals surface area contributed by atoms with Gasteiger partial charge in [-0.25, -0.2) is 0 Å². The summed E-state index contributed by atoms with van der Waals surface area (Å²) in [6.45, 7) is 5.58. The van der Waals surface area contributed by atoms with Gasteiger partial charge in [0, 0.05) is 44.8 Å². The van der Waals surface area contributed by atoms with Gasteiger partial charge < -0.3 is 4.90 Å². The monoisotopic (exact) mass is 355 g/mol. The van der Waals surface area contributed by atoms with Crippen molar-refractivity contribution >= 4 is 17.7 Å². The molecule has 138 valence electrons. The van der Waals surface area contributed by atoms with E-state index < -0.39 is 0 Å². The van der Waals surface area contributed by atoms with Crippen LogP contribution in [-0.4, -0.2) is 71.7 Å². The lowest BCUT2D eigenvalue weighted by atomic mass is 9.91. The number of carbonyl (C=O) groups excluding carboxylic acids is 3. The van der Waals surface area contributed by atoms with Crippen LogP contribution >= 0.6 is 0 Å². The molecule has 4 rings (SSSR count). The number of nitrogens with zero attached hydrogens (tertiary/aromatic N) is 3. The Labute approximate surface area is 153 Å². The summed E-state index contributed by atoms with van der Waals surface area (Å²) in [6.07, 6.45) is 3.86. The minimum atomic E-state index is -0.333. The van der Waals surface area contributed by atoms with Gasteiger partial charge in [0.15, 0.2) is 0 Å². The van der Waals surface area contributed by atoms with Crippen molar-refractivity contribution in [2.75, 3.05) is 33.2 Å². The summed E-state index contributed by atoms with van der Waals surface area (Å²) in [5.74, 6) is -0.265. The predicted molar refractivity (Wildman–Crippen MR) is 97.1 cm³/mol. The Kier molecular flexibility index (Phi) is 4.31. The van der Waals surface area contributed by atoms with E-state index >= 15 is 0 Å². The summed E-state index contributed by atoms with van der Waals surface area (Å²) < 4.78 is 0. The van der Waals surface area contributed by atoms with Crippen molar-refractivity contribution in [1.29, 1.82) is 0 Å². The minimum Gasteiger partial charge on any atom is -0.337 e. The first-order valence-corrected chi connectivity index (χ1v) is 9.45. The number of benzene rings is 1. The summed E-state index contributed by atoms with van der Waals surface area (Å²) in [4.78, 5) is 42.8. The van der Waals surface area contributed by atoms with Crippen LogP contribution in [0.15, 0.2) is 18.2 Å². The van der Waals surface area contributed by atoms with E-state index in [1.165, 1.54) is 26.3 Å². The van der Waals surface area contributed by atoms with Gasteiger partial charge >= 0.3 is 0 Å². The lowest BCUT2D eigenvalue weighted by Gasteiger charge is -2.37. The molecular formula is C20H25N3O3. The van der Waals surface area contributed by atoms with Crippen molar-refractivity contribution in [1.82, 2.24) is 14.7 Å². The molecule has 0 aromatic heterocycles. The van der Waals surface area contributed by atoms with E-state index in [0.717, 1.165) is 24.5 Å². The van der Waals surface area contributed by atoms with Gasteiger partial charge in [-0.3, -0.25) is 24.2 Å². The Bertz CT molecular complexity index is 772. The van der Waals surface area contributed by atoms with E-state index in [4.69, 9.17) is 0 Å². The first-order chi connectivity index (χ1) is 12.5. The van der Waals surface area contributed by atoms with Gasteiger partial charge in [-0.15, -0.1) is 0 Å². The molecule has 1 aromatic carbocycles. The Morgan fingerprint density at radius 3 is 2.46 bits per heavy atom. The van der Waals surface area contributed by atoms with E-state index in [2.05, 4.69) is 11.8 Å². The number of rotatable bonds is 2. The van der Waals surface area contributed by atoms with E-state index in [1.54, 1.807) is 18.2 Å². The van der Waals surface area contributed by atoms with Gasteiger partial charge in [-0.05, 0) is 37.0 Å². The molecule has 2 aliphatic heterocycles. The molecule has 1 saturated heterocycles. The molecule has 0 spiro atoms. The summed E-state index contributed by atoms with van der Waals surface area (Å²) in [7, 11) is 1.47. The molecule has 1 atom stereocenters. The third-order valence-electron chi connectivity index (χ3n) is 5.95. The number of carbonyl (C=O) groups is 3. The van der Waals surface area contributed by atoms with Crippen LogP contribution in [0, 0.1) is 5.92 Å². The van der Waals surface area contributed by atoms with Crippen LogP contribution in [0.5, 0.6) is 0 Å². The van der Waals surface area contributed by atoms with Crippen molar-refractivity contribution in [2.45, 2.75) is 32.2 Å². The third kappa shape index (κ3) is 2.82. The topological polar surface area (TPSA) is 60.9 Å². The summed E-state index contributed by atoms with van der Waals surface area (Å²) >= 11 is 0. The zero-order chi connectivity index (χ0) is 18.4. The highest BCUT2D eigenvalue weighted by molar-refractivity contribution is 6.21. The van der Waals surface area contributed by atoms with Gasteiger partial charge in [0.1, 0.15) is 0 Å². The molecule has 3 aliphatic rings. The quantitative estimate of drug-likeness (QED) is 0.760. The highest BCUT2D eigenvalue weighted by Gasteiger charge is 2.34. The van der Waals surface area contributed by atoms with Crippen LogP contribution in [0.3, 0.4) is 0 Å². The van der Waals surface area contributed by atoms with Crippen molar-refractivity contribution in [2.24, 2.45) is 5.92 Å². The first kappa shape index (κ1) is 17.2. The molecule has 2 fully saturated rings. The average Bonchev–Trinajstić information content (AvgIpc) is 2.73. The van der Waals surface area contributed by atoms with Crippen molar-refractivity contribution < 1.29 is 14.4 Å². The van der Waals surface area contributed by atoms with E-state index in [9.17, 15) is 14.4 Å². The zero-order valence-electron chi connectivity index (χ0n) is 15.4. The molecule has 2 heterocycles. The van der Waals surface area contributed by atoms with Gasteiger partial charge in [0.05, 0.1) is 11.1 Å². The zero-order valence-corrected chi connectivity index (χ0v) is 15.4. The number of hydrogen-bond donors (Lipinski definition) is 0. The van der Waals surface area contributed by atoms with Gasteiger partial charge in [-0.1, -0.05) is 13.3 Å². The highest BCUT2D eigenvalue weighted by atomic mass is 16.2. The molecule has 1 aromatic rings. The molecule has 0 N–H and O–H groups in total. The fraction of sp³-hybridized carbons (Fsp3) is 0.550. The number of fused-ring (bicyclic) bond motifs is 1. The first-order valence-electron chi connectivity index (χ1n) is 9.45. The van der Waals surface area contributed by atoms with E-state index in [-0.39, 0.29) is 17.7 Å². The third-order valence-corrected chi connectivity index (χ3v) is 5.95. The van der Waals surface area contributed by atoms with Gasteiger partial charge in [0.2, 0.25) is 0 Å². The predicted octanol–water partition coefficient (Wildman–Crippen LogP) is 1.86. The average molecular weight is 355 g/mol. The van der Waals surface area contributed by atoms with Crippen LogP contribution in [0.4, 0.5) is 0 Å².